The Bertz CT molecular complexity index is 800. The van der Waals surface area contributed by atoms with Crippen LogP contribution in [0.3, 0.4) is 0 Å². The van der Waals surface area contributed by atoms with Crippen LogP contribution in [0.1, 0.15) is 59.6 Å². The molecule has 26 heavy (non-hydrogen) atoms. The summed E-state index contributed by atoms with van der Waals surface area (Å²) in [7, 11) is -3.97. The SMILES string of the molecule is CCC(C)c1cc(Cc2c(C)cc(CCP(=O)(O)O)cc2C)ccc1O. The van der Waals surface area contributed by atoms with E-state index in [4.69, 9.17) is 9.79 Å². The number of phenols is 1. The monoisotopic (exact) mass is 376 g/mol. The molecule has 2 aromatic rings. The van der Waals surface area contributed by atoms with E-state index in [0.29, 0.717) is 18.1 Å². The Kier molecular flexibility index (Phi) is 6.68. The van der Waals surface area contributed by atoms with Crippen molar-refractivity contribution in [3.8, 4) is 5.75 Å². The van der Waals surface area contributed by atoms with Gasteiger partial charge in [-0.2, -0.15) is 0 Å². The molecular weight excluding hydrogens is 347 g/mol. The van der Waals surface area contributed by atoms with Crippen LogP contribution >= 0.6 is 7.60 Å². The molecule has 2 aromatic carbocycles. The Morgan fingerprint density at radius 2 is 1.65 bits per heavy atom. The highest BCUT2D eigenvalue weighted by Gasteiger charge is 2.15. The van der Waals surface area contributed by atoms with E-state index in [2.05, 4.69) is 19.9 Å². The molecular formula is C21H29O4P. The predicted octanol–water partition coefficient (Wildman–Crippen LogP) is 4.83. The van der Waals surface area contributed by atoms with E-state index in [0.717, 1.165) is 40.7 Å². The summed E-state index contributed by atoms with van der Waals surface area (Å²) in [5.41, 5.74) is 6.59. The quantitative estimate of drug-likeness (QED) is 0.605. The molecule has 0 bridgehead atoms. The Morgan fingerprint density at radius 1 is 1.04 bits per heavy atom. The fourth-order valence-corrected chi connectivity index (χ4v) is 3.86. The second-order valence-electron chi connectivity index (χ2n) is 7.23. The molecule has 0 saturated carbocycles. The molecule has 0 aliphatic carbocycles. The van der Waals surface area contributed by atoms with Crippen LogP contribution in [0.25, 0.3) is 0 Å². The van der Waals surface area contributed by atoms with E-state index in [-0.39, 0.29) is 6.16 Å². The second kappa shape index (κ2) is 8.39. The van der Waals surface area contributed by atoms with Gasteiger partial charge in [-0.15, -0.1) is 0 Å². The first-order chi connectivity index (χ1) is 12.1. The molecule has 1 unspecified atom stereocenters. The molecule has 142 valence electrons. The zero-order valence-electron chi connectivity index (χ0n) is 16.0. The van der Waals surface area contributed by atoms with Crippen LogP contribution in [-0.4, -0.2) is 21.1 Å². The number of aryl methyl sites for hydroxylation is 3. The molecule has 0 spiro atoms. The lowest BCUT2D eigenvalue weighted by Gasteiger charge is -2.16. The summed E-state index contributed by atoms with van der Waals surface area (Å²) < 4.78 is 11.1. The smallest absolute Gasteiger partial charge is 0.325 e. The first-order valence-electron chi connectivity index (χ1n) is 9.06. The summed E-state index contributed by atoms with van der Waals surface area (Å²) in [5.74, 6) is 0.663. The van der Waals surface area contributed by atoms with Gasteiger partial charge in [-0.25, -0.2) is 0 Å². The van der Waals surface area contributed by atoms with Crippen molar-refractivity contribution in [3.05, 3.63) is 63.7 Å². The lowest BCUT2D eigenvalue weighted by Crippen LogP contribution is -2.01. The van der Waals surface area contributed by atoms with Crippen molar-refractivity contribution in [1.82, 2.24) is 0 Å². The fraction of sp³-hybridized carbons (Fsp3) is 0.429. The summed E-state index contributed by atoms with van der Waals surface area (Å²) in [6.45, 7) is 8.31. The number of aromatic hydroxyl groups is 1. The molecule has 5 heteroatoms. The average molecular weight is 376 g/mol. The molecule has 2 rings (SSSR count). The zero-order chi connectivity index (χ0) is 19.5. The van der Waals surface area contributed by atoms with Crippen molar-refractivity contribution in [1.29, 1.82) is 0 Å². The molecule has 3 N–H and O–H groups in total. The maximum atomic E-state index is 11.1. The summed E-state index contributed by atoms with van der Waals surface area (Å²) >= 11 is 0. The van der Waals surface area contributed by atoms with Crippen LogP contribution in [0, 0.1) is 13.8 Å². The van der Waals surface area contributed by atoms with Crippen LogP contribution in [0.15, 0.2) is 30.3 Å². The highest BCUT2D eigenvalue weighted by atomic mass is 31.2. The Balaban J connectivity index is 2.26. The van der Waals surface area contributed by atoms with Crippen LogP contribution in [-0.2, 0) is 17.4 Å². The van der Waals surface area contributed by atoms with Gasteiger partial charge in [0.05, 0.1) is 6.16 Å². The Morgan fingerprint density at radius 3 is 2.19 bits per heavy atom. The van der Waals surface area contributed by atoms with Gasteiger partial charge in [-0.05, 0) is 78.5 Å². The van der Waals surface area contributed by atoms with Crippen molar-refractivity contribution < 1.29 is 19.5 Å². The number of benzene rings is 2. The second-order valence-corrected chi connectivity index (χ2v) is 9.00. The first-order valence-corrected chi connectivity index (χ1v) is 10.9. The fourth-order valence-electron chi connectivity index (χ4n) is 3.31. The first kappa shape index (κ1) is 20.7. The van der Waals surface area contributed by atoms with Gasteiger partial charge in [0.25, 0.3) is 0 Å². The molecule has 0 saturated heterocycles. The van der Waals surface area contributed by atoms with E-state index >= 15 is 0 Å². The van der Waals surface area contributed by atoms with E-state index in [1.54, 1.807) is 6.07 Å². The third kappa shape index (κ3) is 5.44. The summed E-state index contributed by atoms with van der Waals surface area (Å²) in [6.07, 6.45) is 2.01. The zero-order valence-corrected chi connectivity index (χ0v) is 16.9. The maximum absolute atomic E-state index is 11.1. The molecule has 0 amide bonds. The minimum absolute atomic E-state index is 0.124. The van der Waals surface area contributed by atoms with Crippen LogP contribution in [0.2, 0.25) is 0 Å². The van der Waals surface area contributed by atoms with Crippen molar-refractivity contribution in [2.75, 3.05) is 6.16 Å². The number of rotatable bonds is 7. The number of phenolic OH excluding ortho intramolecular Hbond substituents is 1. The minimum Gasteiger partial charge on any atom is -0.508 e. The molecule has 0 aliphatic rings. The Labute approximate surface area is 156 Å². The topological polar surface area (TPSA) is 77.8 Å². The van der Waals surface area contributed by atoms with Crippen molar-refractivity contribution >= 4 is 7.60 Å². The number of hydrogen-bond acceptors (Lipinski definition) is 2. The van der Waals surface area contributed by atoms with Crippen molar-refractivity contribution in [3.63, 3.8) is 0 Å². The summed E-state index contributed by atoms with van der Waals surface area (Å²) in [6, 6.07) is 9.86. The molecule has 1 atom stereocenters. The standard InChI is InChI=1S/C21H29O4P/c1-5-14(2)20-13-17(6-7-21(20)22)12-19-15(3)10-18(11-16(19)4)8-9-26(23,24)25/h6-7,10-11,13-14,22H,5,8-9,12H2,1-4H3,(H2,23,24,25). The highest BCUT2D eigenvalue weighted by Crippen LogP contribution is 2.35. The normalized spacial score (nSPS) is 13.0. The van der Waals surface area contributed by atoms with Gasteiger partial charge in [0.15, 0.2) is 0 Å². The Hall–Kier alpha value is -1.61. The van der Waals surface area contributed by atoms with E-state index in [1.165, 1.54) is 5.56 Å². The lowest BCUT2D eigenvalue weighted by atomic mass is 9.90. The molecule has 0 heterocycles. The van der Waals surface area contributed by atoms with Crippen molar-refractivity contribution in [2.24, 2.45) is 0 Å². The summed E-state index contributed by atoms with van der Waals surface area (Å²) in [5, 5.41) is 10.1. The third-order valence-electron chi connectivity index (χ3n) is 5.06. The van der Waals surface area contributed by atoms with Gasteiger partial charge in [0.2, 0.25) is 0 Å². The van der Waals surface area contributed by atoms with E-state index in [9.17, 15) is 9.67 Å². The van der Waals surface area contributed by atoms with Gasteiger partial charge in [0.1, 0.15) is 5.75 Å². The lowest BCUT2D eigenvalue weighted by molar-refractivity contribution is 0.373. The van der Waals surface area contributed by atoms with Crippen LogP contribution in [0.5, 0.6) is 5.75 Å². The van der Waals surface area contributed by atoms with E-state index in [1.807, 2.05) is 32.0 Å². The molecule has 0 aliphatic heterocycles. The largest absolute Gasteiger partial charge is 0.508 e. The van der Waals surface area contributed by atoms with Gasteiger partial charge >= 0.3 is 7.60 Å². The highest BCUT2D eigenvalue weighted by molar-refractivity contribution is 7.51. The maximum Gasteiger partial charge on any atom is 0.325 e. The van der Waals surface area contributed by atoms with E-state index < -0.39 is 7.60 Å². The average Bonchev–Trinajstić information content (AvgIpc) is 2.56. The third-order valence-corrected chi connectivity index (χ3v) is 5.87. The predicted molar refractivity (Wildman–Crippen MR) is 106 cm³/mol. The molecule has 0 fully saturated rings. The van der Waals surface area contributed by atoms with Crippen LogP contribution in [0.4, 0.5) is 0 Å². The van der Waals surface area contributed by atoms with Gasteiger partial charge in [-0.1, -0.05) is 38.1 Å². The van der Waals surface area contributed by atoms with Crippen LogP contribution < -0.4 is 0 Å². The molecule has 0 radical (unpaired) electrons. The van der Waals surface area contributed by atoms with Gasteiger partial charge < -0.3 is 14.9 Å². The van der Waals surface area contributed by atoms with Gasteiger partial charge in [0, 0.05) is 0 Å². The number of hydrogen-bond donors (Lipinski definition) is 3. The van der Waals surface area contributed by atoms with Gasteiger partial charge in [-0.3, -0.25) is 4.57 Å². The molecule has 0 aromatic heterocycles. The minimum atomic E-state index is -3.97. The summed E-state index contributed by atoms with van der Waals surface area (Å²) in [4.78, 5) is 18.1. The van der Waals surface area contributed by atoms with Crippen molar-refractivity contribution in [2.45, 2.75) is 52.9 Å². The molecule has 4 nitrogen and oxygen atoms in total.